The van der Waals surface area contributed by atoms with Crippen molar-refractivity contribution in [1.29, 1.82) is 0 Å². The van der Waals surface area contributed by atoms with Crippen molar-refractivity contribution >= 4 is 7.32 Å². The average Bonchev–Trinajstić information content (AvgIpc) is 3.15. The summed E-state index contributed by atoms with van der Waals surface area (Å²) in [7, 11) is -2.17. The first kappa shape index (κ1) is 22.6. The summed E-state index contributed by atoms with van der Waals surface area (Å²) < 4.78 is 0. The largest absolute Gasteiger partial charge is 0.631 e. The lowest BCUT2D eigenvalue weighted by atomic mass is 10.3. The van der Waals surface area contributed by atoms with Gasteiger partial charge in [0.25, 0.3) is 0 Å². The Morgan fingerprint density at radius 1 is 0.600 bits per heavy atom. The summed E-state index contributed by atoms with van der Waals surface area (Å²) in [5.41, 5.74) is 6.53. The third-order valence-corrected chi connectivity index (χ3v) is 2.50. The Labute approximate surface area is 147 Å². The van der Waals surface area contributed by atoms with Crippen molar-refractivity contribution in [2.75, 3.05) is 0 Å². The van der Waals surface area contributed by atoms with Crippen LogP contribution in [-0.4, -0.2) is 53.0 Å². The number of H-pyrrole nitrogens is 3. The van der Waals surface area contributed by atoms with Gasteiger partial charge in [0.05, 0.1) is 17.1 Å². The van der Waals surface area contributed by atoms with E-state index in [0.717, 1.165) is 34.2 Å². The van der Waals surface area contributed by atoms with Crippen molar-refractivity contribution in [1.82, 2.24) is 30.6 Å². The number of hydrogen-bond donors (Lipinski definition) is 6. The Morgan fingerprint density at radius 3 is 0.840 bits per heavy atom. The maximum Gasteiger partial charge on any atom is 0.631 e. The second-order valence-electron chi connectivity index (χ2n) is 5.42. The predicted molar refractivity (Wildman–Crippen MR) is 96.6 cm³/mol. The second-order valence-corrected chi connectivity index (χ2v) is 5.42. The molecule has 0 aliphatic rings. The molecule has 3 rings (SSSR count). The van der Waals surface area contributed by atoms with E-state index >= 15 is 0 Å². The topological polar surface area (TPSA) is 147 Å². The van der Waals surface area contributed by atoms with E-state index in [1.165, 1.54) is 0 Å². The highest BCUT2D eigenvalue weighted by Crippen LogP contribution is 1.93. The van der Waals surface area contributed by atoms with Gasteiger partial charge in [0, 0.05) is 17.1 Å². The highest BCUT2D eigenvalue weighted by Gasteiger charge is 1.92. The minimum Gasteiger partial charge on any atom is -0.402 e. The van der Waals surface area contributed by atoms with Gasteiger partial charge in [-0.2, -0.15) is 15.3 Å². The van der Waals surface area contributed by atoms with Crippen LogP contribution in [0.2, 0.25) is 0 Å². The van der Waals surface area contributed by atoms with Crippen molar-refractivity contribution in [2.24, 2.45) is 0 Å². The first-order chi connectivity index (χ1) is 11.6. The lowest BCUT2D eigenvalue weighted by molar-refractivity contribution is 0.278. The first-order valence-electron chi connectivity index (χ1n) is 7.60. The van der Waals surface area contributed by atoms with Gasteiger partial charge in [-0.25, -0.2) is 0 Å². The van der Waals surface area contributed by atoms with E-state index in [-0.39, 0.29) is 0 Å². The Hall–Kier alpha value is -2.43. The van der Waals surface area contributed by atoms with Crippen molar-refractivity contribution in [3.05, 3.63) is 52.4 Å². The highest BCUT2D eigenvalue weighted by molar-refractivity contribution is 6.30. The number of aromatic nitrogens is 6. The molecule has 0 atom stereocenters. The van der Waals surface area contributed by atoms with Crippen LogP contribution in [0.3, 0.4) is 0 Å². The van der Waals surface area contributed by atoms with Crippen LogP contribution in [-0.2, 0) is 0 Å². The zero-order valence-electron chi connectivity index (χ0n) is 15.5. The maximum absolute atomic E-state index is 7.17. The molecule has 3 aromatic rings. The van der Waals surface area contributed by atoms with E-state index in [4.69, 9.17) is 15.1 Å². The smallest absolute Gasteiger partial charge is 0.402 e. The molecule has 0 aromatic carbocycles. The average molecular weight is 350 g/mol. The fourth-order valence-corrected chi connectivity index (χ4v) is 1.66. The van der Waals surface area contributed by atoms with Crippen LogP contribution in [0.15, 0.2) is 18.2 Å². The first-order valence-corrected chi connectivity index (χ1v) is 7.60. The molecule has 0 aliphatic heterocycles. The maximum atomic E-state index is 7.17. The Morgan fingerprint density at radius 2 is 0.800 bits per heavy atom. The van der Waals surface area contributed by atoms with Crippen LogP contribution < -0.4 is 0 Å². The molecular weight excluding hydrogens is 323 g/mol. The normalized spacial score (nSPS) is 9.00. The fraction of sp³-hybridized carbons (Fsp3) is 0.400. The summed E-state index contributed by atoms with van der Waals surface area (Å²) in [6, 6.07) is 6.00. The van der Waals surface area contributed by atoms with Crippen molar-refractivity contribution in [3.63, 3.8) is 0 Å². The molecule has 0 bridgehead atoms. The van der Waals surface area contributed by atoms with Crippen LogP contribution >= 0.6 is 0 Å². The van der Waals surface area contributed by atoms with E-state index in [0.29, 0.717) is 0 Å². The lowest BCUT2D eigenvalue weighted by Gasteiger charge is -1.69. The van der Waals surface area contributed by atoms with Crippen LogP contribution in [0.5, 0.6) is 0 Å². The van der Waals surface area contributed by atoms with Crippen LogP contribution in [0.4, 0.5) is 0 Å². The SMILES string of the molecule is Cc1cc(C)[nH]n1.Cc1cc(C)[nH]n1.Cc1cc(C)[nH]n1.OB(O)O. The predicted octanol–water partition coefficient (Wildman–Crippen LogP) is 1.03. The van der Waals surface area contributed by atoms with Crippen molar-refractivity contribution in [2.45, 2.75) is 41.5 Å². The van der Waals surface area contributed by atoms with Gasteiger partial charge in [-0.05, 0) is 59.7 Å². The van der Waals surface area contributed by atoms with E-state index in [2.05, 4.69) is 30.6 Å². The van der Waals surface area contributed by atoms with E-state index in [1.807, 2.05) is 59.7 Å². The standard InChI is InChI=1S/3C5H8N2.BH3O3/c3*1-4-3-5(2)7-6-4;2-1(3)4/h3*3H,1-2H3,(H,6,7);2-4H. The number of aromatic amines is 3. The quantitative estimate of drug-likeness (QED) is 0.334. The van der Waals surface area contributed by atoms with Gasteiger partial charge in [-0.1, -0.05) is 0 Å². The molecular formula is C15H27BN6O3. The molecule has 3 aromatic heterocycles. The number of hydrogen-bond acceptors (Lipinski definition) is 6. The summed E-state index contributed by atoms with van der Waals surface area (Å²) in [4.78, 5) is 0. The number of nitrogens with one attached hydrogen (secondary N) is 3. The molecule has 0 radical (unpaired) electrons. The molecule has 0 fully saturated rings. The minimum absolute atomic E-state index is 1.05. The summed E-state index contributed by atoms with van der Waals surface area (Å²) in [6.45, 7) is 11.8. The monoisotopic (exact) mass is 350 g/mol. The summed E-state index contributed by atoms with van der Waals surface area (Å²) in [5.74, 6) is 0. The van der Waals surface area contributed by atoms with Crippen molar-refractivity contribution < 1.29 is 15.1 Å². The summed E-state index contributed by atoms with van der Waals surface area (Å²) in [6.07, 6.45) is 0. The van der Waals surface area contributed by atoms with Crippen LogP contribution in [0.25, 0.3) is 0 Å². The molecule has 0 amide bonds. The van der Waals surface area contributed by atoms with Gasteiger partial charge in [0.2, 0.25) is 0 Å². The van der Waals surface area contributed by atoms with Gasteiger partial charge >= 0.3 is 7.32 Å². The third-order valence-electron chi connectivity index (χ3n) is 2.50. The number of aryl methyl sites for hydroxylation is 6. The van der Waals surface area contributed by atoms with E-state index in [9.17, 15) is 0 Å². The van der Waals surface area contributed by atoms with E-state index < -0.39 is 7.32 Å². The zero-order valence-corrected chi connectivity index (χ0v) is 15.5. The molecule has 0 spiro atoms. The second kappa shape index (κ2) is 12.0. The Bertz CT molecular complexity index is 564. The summed E-state index contributed by atoms with van der Waals surface area (Å²) in [5, 5.41) is 41.6. The third kappa shape index (κ3) is 13.7. The van der Waals surface area contributed by atoms with Gasteiger partial charge in [0.1, 0.15) is 0 Å². The van der Waals surface area contributed by atoms with Crippen molar-refractivity contribution in [3.8, 4) is 0 Å². The molecule has 6 N–H and O–H groups in total. The molecule has 25 heavy (non-hydrogen) atoms. The van der Waals surface area contributed by atoms with Crippen LogP contribution in [0.1, 0.15) is 34.2 Å². The number of rotatable bonds is 0. The Balaban J connectivity index is 0.000000314. The highest BCUT2D eigenvalue weighted by atomic mass is 16.5. The molecule has 10 heteroatoms. The molecule has 0 saturated heterocycles. The number of nitrogens with zero attached hydrogens (tertiary/aromatic N) is 3. The molecule has 9 nitrogen and oxygen atoms in total. The van der Waals surface area contributed by atoms with Gasteiger partial charge in [-0.3, -0.25) is 15.3 Å². The lowest BCUT2D eigenvalue weighted by Crippen LogP contribution is -2.07. The molecule has 3 heterocycles. The van der Waals surface area contributed by atoms with Crippen LogP contribution in [0, 0.1) is 41.5 Å². The Kier molecular flexibility index (Phi) is 10.8. The molecule has 0 unspecified atom stereocenters. The van der Waals surface area contributed by atoms with Gasteiger partial charge in [-0.15, -0.1) is 0 Å². The van der Waals surface area contributed by atoms with Gasteiger partial charge in [0.15, 0.2) is 0 Å². The molecule has 138 valence electrons. The van der Waals surface area contributed by atoms with E-state index in [1.54, 1.807) is 0 Å². The molecule has 0 saturated carbocycles. The molecule has 0 aliphatic carbocycles. The zero-order chi connectivity index (χ0) is 19.4. The fourth-order valence-electron chi connectivity index (χ4n) is 1.66. The summed E-state index contributed by atoms with van der Waals surface area (Å²) >= 11 is 0. The van der Waals surface area contributed by atoms with Gasteiger partial charge < -0.3 is 15.1 Å². The minimum atomic E-state index is -2.17.